The molecule has 5 heteroatoms. The molecule has 16 heavy (non-hydrogen) atoms. The molecule has 0 bridgehead atoms. The van der Waals surface area contributed by atoms with Gasteiger partial charge < -0.3 is 9.26 Å². The quantitative estimate of drug-likeness (QED) is 0.445. The van der Waals surface area contributed by atoms with Gasteiger partial charge in [0.15, 0.2) is 5.58 Å². The third kappa shape index (κ3) is 1.67. The van der Waals surface area contributed by atoms with Crippen molar-refractivity contribution in [2.75, 3.05) is 6.61 Å². The molecular formula is C11H9NO4. The SMILES string of the molecule is CCOC(=O)C(=O)c1cccc2oncc12. The van der Waals surface area contributed by atoms with Crippen LogP contribution in [0.1, 0.15) is 17.3 Å². The lowest BCUT2D eigenvalue weighted by Gasteiger charge is -2.01. The second kappa shape index (κ2) is 4.14. The number of Topliss-reactive ketones (excluding diaryl/α,β-unsaturated/α-hetero) is 1. The van der Waals surface area contributed by atoms with E-state index < -0.39 is 11.8 Å². The molecule has 1 heterocycles. The molecule has 2 rings (SSSR count). The summed E-state index contributed by atoms with van der Waals surface area (Å²) in [5, 5.41) is 4.08. The summed E-state index contributed by atoms with van der Waals surface area (Å²) in [5.41, 5.74) is 0.715. The Labute approximate surface area is 91.0 Å². The fourth-order valence-corrected chi connectivity index (χ4v) is 1.40. The maximum Gasteiger partial charge on any atom is 0.379 e. The second-order valence-corrected chi connectivity index (χ2v) is 3.09. The first-order chi connectivity index (χ1) is 7.74. The third-order valence-corrected chi connectivity index (χ3v) is 2.10. The topological polar surface area (TPSA) is 69.4 Å². The predicted molar refractivity (Wildman–Crippen MR) is 55.0 cm³/mol. The lowest BCUT2D eigenvalue weighted by atomic mass is 10.1. The second-order valence-electron chi connectivity index (χ2n) is 3.09. The molecule has 0 atom stereocenters. The summed E-state index contributed by atoms with van der Waals surface area (Å²) in [6, 6.07) is 4.84. The Balaban J connectivity index is 2.43. The molecule has 1 aromatic heterocycles. The highest BCUT2D eigenvalue weighted by atomic mass is 16.5. The van der Waals surface area contributed by atoms with Gasteiger partial charge in [0, 0.05) is 5.56 Å². The van der Waals surface area contributed by atoms with Crippen molar-refractivity contribution in [1.29, 1.82) is 0 Å². The van der Waals surface area contributed by atoms with Gasteiger partial charge in [0.1, 0.15) is 0 Å². The minimum absolute atomic E-state index is 0.171. The highest BCUT2D eigenvalue weighted by Gasteiger charge is 2.20. The van der Waals surface area contributed by atoms with E-state index in [1.165, 1.54) is 6.20 Å². The van der Waals surface area contributed by atoms with Crippen LogP contribution < -0.4 is 0 Å². The van der Waals surface area contributed by atoms with Crippen LogP contribution >= 0.6 is 0 Å². The lowest BCUT2D eigenvalue weighted by molar-refractivity contribution is -0.137. The van der Waals surface area contributed by atoms with Gasteiger partial charge in [0.2, 0.25) is 0 Å². The first-order valence-corrected chi connectivity index (χ1v) is 4.79. The van der Waals surface area contributed by atoms with Gasteiger partial charge in [0.05, 0.1) is 18.2 Å². The van der Waals surface area contributed by atoms with E-state index in [4.69, 9.17) is 4.52 Å². The smallest absolute Gasteiger partial charge is 0.379 e. The summed E-state index contributed by atoms with van der Waals surface area (Å²) in [7, 11) is 0. The van der Waals surface area contributed by atoms with Crippen LogP contribution in [-0.4, -0.2) is 23.5 Å². The number of hydrogen-bond donors (Lipinski definition) is 0. The van der Waals surface area contributed by atoms with Crippen molar-refractivity contribution in [2.24, 2.45) is 0 Å². The molecule has 2 aromatic rings. The largest absolute Gasteiger partial charge is 0.460 e. The first-order valence-electron chi connectivity index (χ1n) is 4.79. The predicted octanol–water partition coefficient (Wildman–Crippen LogP) is 1.57. The van der Waals surface area contributed by atoms with Gasteiger partial charge in [-0.1, -0.05) is 11.2 Å². The number of carbonyl (C=O) groups is 2. The number of hydrogen-bond acceptors (Lipinski definition) is 5. The molecule has 0 fully saturated rings. The van der Waals surface area contributed by atoms with Crippen LogP contribution in [0.2, 0.25) is 0 Å². The first kappa shape index (κ1) is 10.4. The molecule has 0 unspecified atom stereocenters. The van der Waals surface area contributed by atoms with Gasteiger partial charge in [-0.15, -0.1) is 0 Å². The van der Waals surface area contributed by atoms with Crippen LogP contribution in [0.25, 0.3) is 11.0 Å². The van der Waals surface area contributed by atoms with Gasteiger partial charge >= 0.3 is 5.97 Å². The molecule has 0 aliphatic rings. The minimum atomic E-state index is -0.865. The molecule has 5 nitrogen and oxygen atoms in total. The maximum atomic E-state index is 11.7. The number of carbonyl (C=O) groups excluding carboxylic acids is 2. The third-order valence-electron chi connectivity index (χ3n) is 2.10. The van der Waals surface area contributed by atoms with Crippen LogP contribution in [0.3, 0.4) is 0 Å². The number of ketones is 1. The molecule has 0 spiro atoms. The number of aromatic nitrogens is 1. The zero-order valence-electron chi connectivity index (χ0n) is 8.60. The van der Waals surface area contributed by atoms with E-state index in [1.54, 1.807) is 25.1 Å². The monoisotopic (exact) mass is 219 g/mol. The van der Waals surface area contributed by atoms with E-state index in [-0.39, 0.29) is 12.2 Å². The van der Waals surface area contributed by atoms with Crippen LogP contribution in [0.5, 0.6) is 0 Å². The van der Waals surface area contributed by atoms with E-state index in [9.17, 15) is 9.59 Å². The fraction of sp³-hybridized carbons (Fsp3) is 0.182. The molecule has 0 saturated carbocycles. The molecule has 0 amide bonds. The van der Waals surface area contributed by atoms with E-state index >= 15 is 0 Å². The van der Waals surface area contributed by atoms with Crippen molar-refractivity contribution in [3.63, 3.8) is 0 Å². The lowest BCUT2D eigenvalue weighted by Crippen LogP contribution is -2.17. The number of ether oxygens (including phenoxy) is 1. The van der Waals surface area contributed by atoms with E-state index in [1.807, 2.05) is 0 Å². The molecule has 82 valence electrons. The summed E-state index contributed by atoms with van der Waals surface area (Å²) in [6.07, 6.45) is 1.40. The zero-order chi connectivity index (χ0) is 11.5. The molecule has 0 saturated heterocycles. The standard InChI is InChI=1S/C11H9NO4/c1-2-15-11(14)10(13)7-4-3-5-9-8(7)6-12-16-9/h3-6H,2H2,1H3. The summed E-state index contributed by atoms with van der Waals surface area (Å²) in [5.74, 6) is -1.55. The average molecular weight is 219 g/mol. The van der Waals surface area contributed by atoms with Crippen molar-refractivity contribution in [1.82, 2.24) is 5.16 Å². The van der Waals surface area contributed by atoms with E-state index in [0.717, 1.165) is 0 Å². The number of esters is 1. The maximum absolute atomic E-state index is 11.7. The summed E-state index contributed by atoms with van der Waals surface area (Å²) >= 11 is 0. The zero-order valence-corrected chi connectivity index (χ0v) is 8.60. The highest BCUT2D eigenvalue weighted by molar-refractivity contribution is 6.42. The van der Waals surface area contributed by atoms with Gasteiger partial charge in [-0.05, 0) is 19.1 Å². The number of fused-ring (bicyclic) bond motifs is 1. The van der Waals surface area contributed by atoms with Gasteiger partial charge in [0.25, 0.3) is 5.78 Å². The Morgan fingerprint density at radius 1 is 1.44 bits per heavy atom. The Kier molecular flexibility index (Phi) is 2.68. The van der Waals surface area contributed by atoms with Crippen LogP contribution in [0.4, 0.5) is 0 Å². The van der Waals surface area contributed by atoms with Crippen molar-refractivity contribution in [2.45, 2.75) is 6.92 Å². The Bertz CT molecular complexity index is 544. The van der Waals surface area contributed by atoms with Crippen molar-refractivity contribution >= 4 is 22.7 Å². The minimum Gasteiger partial charge on any atom is -0.460 e. The molecular weight excluding hydrogens is 210 g/mol. The van der Waals surface area contributed by atoms with E-state index in [0.29, 0.717) is 11.0 Å². The fourth-order valence-electron chi connectivity index (χ4n) is 1.40. The van der Waals surface area contributed by atoms with Gasteiger partial charge in [-0.2, -0.15) is 0 Å². The van der Waals surface area contributed by atoms with E-state index in [2.05, 4.69) is 9.89 Å². The molecule has 1 aromatic carbocycles. The Hall–Kier alpha value is -2.17. The summed E-state index contributed by atoms with van der Waals surface area (Å²) in [4.78, 5) is 23.0. The number of nitrogens with zero attached hydrogens (tertiary/aromatic N) is 1. The average Bonchev–Trinajstić information content (AvgIpc) is 2.76. The molecule has 0 aliphatic heterocycles. The number of benzene rings is 1. The molecule has 0 aliphatic carbocycles. The Morgan fingerprint density at radius 3 is 3.00 bits per heavy atom. The molecule has 0 radical (unpaired) electrons. The summed E-state index contributed by atoms with van der Waals surface area (Å²) < 4.78 is 9.54. The number of rotatable bonds is 3. The van der Waals surface area contributed by atoms with Crippen molar-refractivity contribution < 1.29 is 18.8 Å². The normalized spacial score (nSPS) is 10.3. The molecule has 0 N–H and O–H groups in total. The van der Waals surface area contributed by atoms with Crippen LogP contribution in [0.15, 0.2) is 28.9 Å². The van der Waals surface area contributed by atoms with Gasteiger partial charge in [-0.3, -0.25) is 4.79 Å². The van der Waals surface area contributed by atoms with Crippen LogP contribution in [0, 0.1) is 0 Å². The van der Waals surface area contributed by atoms with Crippen molar-refractivity contribution in [3.05, 3.63) is 30.0 Å². The highest BCUT2D eigenvalue weighted by Crippen LogP contribution is 2.18. The van der Waals surface area contributed by atoms with Crippen LogP contribution in [-0.2, 0) is 9.53 Å². The van der Waals surface area contributed by atoms with Gasteiger partial charge in [-0.25, -0.2) is 4.79 Å². The summed E-state index contributed by atoms with van der Waals surface area (Å²) in [6.45, 7) is 1.81. The van der Waals surface area contributed by atoms with Crippen molar-refractivity contribution in [3.8, 4) is 0 Å². The Morgan fingerprint density at radius 2 is 2.25 bits per heavy atom.